The number of piperazine rings is 1. The highest BCUT2D eigenvalue weighted by Crippen LogP contribution is 2.60. The predicted molar refractivity (Wildman–Crippen MR) is 107 cm³/mol. The van der Waals surface area contributed by atoms with Gasteiger partial charge in [-0.2, -0.15) is 0 Å². The normalized spacial score (nSPS) is 34.6. The summed E-state index contributed by atoms with van der Waals surface area (Å²) in [5.41, 5.74) is 1.16. The fraction of sp³-hybridized carbons (Fsp3) is 0.682. The number of anilines is 1. The molecule has 6 rings (SSSR count). The first-order valence-corrected chi connectivity index (χ1v) is 10.8. The number of hydrogen-bond donors (Lipinski definition) is 0. The van der Waals surface area contributed by atoms with Crippen LogP contribution in [0.1, 0.15) is 38.5 Å². The van der Waals surface area contributed by atoms with Crippen molar-refractivity contribution in [3.05, 3.63) is 34.4 Å². The van der Waals surface area contributed by atoms with E-state index in [0.717, 1.165) is 68.9 Å². The van der Waals surface area contributed by atoms with Gasteiger partial charge in [0, 0.05) is 49.4 Å². The van der Waals surface area contributed by atoms with Crippen molar-refractivity contribution in [2.45, 2.75) is 38.5 Å². The van der Waals surface area contributed by atoms with Gasteiger partial charge in [-0.1, -0.05) is 0 Å². The molecule has 1 aromatic carbocycles. The first-order valence-electron chi connectivity index (χ1n) is 10.8. The average molecular weight is 383 g/mol. The van der Waals surface area contributed by atoms with E-state index in [4.69, 9.17) is 0 Å². The zero-order valence-corrected chi connectivity index (χ0v) is 16.4. The Labute approximate surface area is 166 Å². The van der Waals surface area contributed by atoms with Gasteiger partial charge in [-0.3, -0.25) is 19.8 Å². The molecule has 0 atom stereocenters. The maximum absolute atomic E-state index is 13.3. The van der Waals surface area contributed by atoms with Crippen molar-refractivity contribution < 1.29 is 9.72 Å². The third-order valence-corrected chi connectivity index (χ3v) is 7.79. The molecule has 28 heavy (non-hydrogen) atoms. The minimum Gasteiger partial charge on any atom is -0.369 e. The van der Waals surface area contributed by atoms with Gasteiger partial charge in [0.2, 0.25) is 0 Å². The Hall–Kier alpha value is -1.95. The number of nitro groups is 1. The topological polar surface area (TPSA) is 66.7 Å². The lowest BCUT2D eigenvalue weighted by molar-refractivity contribution is -0.384. The number of hydrogen-bond acceptors (Lipinski definition) is 5. The molecule has 1 aromatic rings. The summed E-state index contributed by atoms with van der Waals surface area (Å²) in [6.07, 6.45) is 7.59. The van der Waals surface area contributed by atoms with E-state index in [2.05, 4.69) is 9.80 Å². The molecule has 1 heterocycles. The highest BCUT2D eigenvalue weighted by atomic mass is 16.6. The van der Waals surface area contributed by atoms with Crippen LogP contribution in [0.4, 0.5) is 11.4 Å². The standard InChI is InChI=1S/C22H29N3O3/c26-21(22-12-16-9-17(13-22)11-18(10-16)14-22)15-23-5-7-24(8-6-23)19-1-3-20(4-2-19)25(27)28/h1-4,16-18H,5-15H2. The Kier molecular flexibility index (Phi) is 4.42. The fourth-order valence-electron chi connectivity index (χ4n) is 6.77. The fourth-order valence-corrected chi connectivity index (χ4v) is 6.77. The predicted octanol–water partition coefficient (Wildman–Crippen LogP) is 3.50. The van der Waals surface area contributed by atoms with Crippen molar-refractivity contribution in [1.82, 2.24) is 4.90 Å². The zero-order valence-electron chi connectivity index (χ0n) is 16.4. The van der Waals surface area contributed by atoms with Crippen molar-refractivity contribution in [2.24, 2.45) is 23.2 Å². The molecule has 4 saturated carbocycles. The number of nitrogens with zero attached hydrogens (tertiary/aromatic N) is 3. The second-order valence-electron chi connectivity index (χ2n) is 9.66. The Balaban J connectivity index is 1.17. The van der Waals surface area contributed by atoms with E-state index in [1.807, 2.05) is 12.1 Å². The lowest BCUT2D eigenvalue weighted by Crippen LogP contribution is -2.54. The van der Waals surface area contributed by atoms with Gasteiger partial charge >= 0.3 is 0 Å². The highest BCUT2D eigenvalue weighted by molar-refractivity contribution is 5.87. The summed E-state index contributed by atoms with van der Waals surface area (Å²) in [6.45, 7) is 4.11. The number of benzene rings is 1. The van der Waals surface area contributed by atoms with Gasteiger partial charge in [0.1, 0.15) is 0 Å². The molecule has 1 aliphatic heterocycles. The summed E-state index contributed by atoms with van der Waals surface area (Å²) in [7, 11) is 0. The summed E-state index contributed by atoms with van der Waals surface area (Å²) in [5, 5.41) is 10.8. The minimum absolute atomic E-state index is 0.00422. The SMILES string of the molecule is O=C(CN1CCN(c2ccc([N+](=O)[O-])cc2)CC1)C12CC3CC(CC(C3)C1)C2. The molecule has 1 saturated heterocycles. The van der Waals surface area contributed by atoms with Crippen LogP contribution in [-0.2, 0) is 4.79 Å². The number of carbonyl (C=O) groups excluding carboxylic acids is 1. The lowest BCUT2D eigenvalue weighted by Gasteiger charge is -2.56. The van der Waals surface area contributed by atoms with Gasteiger partial charge in [-0.05, 0) is 68.4 Å². The number of ketones is 1. The smallest absolute Gasteiger partial charge is 0.269 e. The third-order valence-electron chi connectivity index (χ3n) is 7.79. The second-order valence-corrected chi connectivity index (χ2v) is 9.66. The summed E-state index contributed by atoms with van der Waals surface area (Å²) in [4.78, 5) is 28.3. The molecule has 5 aliphatic rings. The molecule has 150 valence electrons. The van der Waals surface area contributed by atoms with Crippen molar-refractivity contribution in [3.8, 4) is 0 Å². The van der Waals surface area contributed by atoms with Crippen LogP contribution in [0.3, 0.4) is 0 Å². The van der Waals surface area contributed by atoms with E-state index >= 15 is 0 Å². The Bertz CT molecular complexity index is 732. The second kappa shape index (κ2) is 6.83. The average Bonchev–Trinajstić information content (AvgIpc) is 2.67. The van der Waals surface area contributed by atoms with Crippen LogP contribution < -0.4 is 4.90 Å². The summed E-state index contributed by atoms with van der Waals surface area (Å²) in [6, 6.07) is 6.79. The summed E-state index contributed by atoms with van der Waals surface area (Å²) < 4.78 is 0. The van der Waals surface area contributed by atoms with Gasteiger partial charge in [0.25, 0.3) is 5.69 Å². The van der Waals surface area contributed by atoms with Crippen LogP contribution in [0.15, 0.2) is 24.3 Å². The number of rotatable bonds is 5. The van der Waals surface area contributed by atoms with E-state index < -0.39 is 0 Å². The van der Waals surface area contributed by atoms with E-state index in [1.54, 1.807) is 12.1 Å². The Morgan fingerprint density at radius 3 is 2.00 bits per heavy atom. The van der Waals surface area contributed by atoms with E-state index in [9.17, 15) is 14.9 Å². The van der Waals surface area contributed by atoms with E-state index in [1.165, 1.54) is 19.3 Å². The van der Waals surface area contributed by atoms with Crippen LogP contribution >= 0.6 is 0 Å². The molecular weight excluding hydrogens is 354 g/mol. The molecule has 4 aliphatic carbocycles. The number of Topliss-reactive ketones (excluding diaryl/α,β-unsaturated/α-hetero) is 1. The van der Waals surface area contributed by atoms with Crippen LogP contribution in [0, 0.1) is 33.3 Å². The molecule has 5 fully saturated rings. The molecule has 0 N–H and O–H groups in total. The van der Waals surface area contributed by atoms with Gasteiger partial charge in [-0.15, -0.1) is 0 Å². The number of non-ortho nitro benzene ring substituents is 1. The van der Waals surface area contributed by atoms with E-state index in [-0.39, 0.29) is 16.0 Å². The quantitative estimate of drug-likeness (QED) is 0.575. The molecule has 6 heteroatoms. The first kappa shape index (κ1) is 18.1. The molecule has 0 amide bonds. The van der Waals surface area contributed by atoms with Gasteiger partial charge in [-0.25, -0.2) is 0 Å². The maximum Gasteiger partial charge on any atom is 0.269 e. The number of nitro benzene ring substituents is 1. The van der Waals surface area contributed by atoms with Crippen LogP contribution in [0.5, 0.6) is 0 Å². The summed E-state index contributed by atoms with van der Waals surface area (Å²) >= 11 is 0. The molecule has 0 unspecified atom stereocenters. The van der Waals surface area contributed by atoms with E-state index in [0.29, 0.717) is 12.3 Å². The van der Waals surface area contributed by atoms with Gasteiger partial charge in [0.15, 0.2) is 5.78 Å². The summed E-state index contributed by atoms with van der Waals surface area (Å²) in [5.74, 6) is 2.95. The zero-order chi connectivity index (χ0) is 19.3. The van der Waals surface area contributed by atoms with Crippen LogP contribution in [0.2, 0.25) is 0 Å². The van der Waals surface area contributed by atoms with Crippen molar-refractivity contribution in [1.29, 1.82) is 0 Å². The Morgan fingerprint density at radius 2 is 1.50 bits per heavy atom. The molecule has 0 aromatic heterocycles. The molecule has 4 bridgehead atoms. The molecular formula is C22H29N3O3. The van der Waals surface area contributed by atoms with Crippen molar-refractivity contribution in [2.75, 3.05) is 37.6 Å². The molecule has 0 spiro atoms. The highest BCUT2D eigenvalue weighted by Gasteiger charge is 2.54. The number of carbonyl (C=O) groups is 1. The first-order chi connectivity index (χ1) is 13.5. The van der Waals surface area contributed by atoms with Crippen molar-refractivity contribution in [3.63, 3.8) is 0 Å². The molecule has 0 radical (unpaired) electrons. The maximum atomic E-state index is 13.3. The lowest BCUT2D eigenvalue weighted by atomic mass is 9.48. The minimum atomic E-state index is -0.363. The van der Waals surface area contributed by atoms with Crippen molar-refractivity contribution >= 4 is 17.2 Å². The van der Waals surface area contributed by atoms with Crippen LogP contribution in [0.25, 0.3) is 0 Å². The van der Waals surface area contributed by atoms with Gasteiger partial charge in [0.05, 0.1) is 11.5 Å². The van der Waals surface area contributed by atoms with Crippen LogP contribution in [-0.4, -0.2) is 48.3 Å². The third kappa shape index (κ3) is 3.21. The Morgan fingerprint density at radius 1 is 0.964 bits per heavy atom. The largest absolute Gasteiger partial charge is 0.369 e. The molecule has 6 nitrogen and oxygen atoms in total. The monoisotopic (exact) mass is 383 g/mol. The van der Waals surface area contributed by atoms with Gasteiger partial charge < -0.3 is 4.90 Å².